The molecule has 6 heteroatoms. The number of rotatable bonds is 4. The molecule has 1 unspecified atom stereocenters. The molecule has 1 atom stereocenters. The second-order valence-electron chi connectivity index (χ2n) is 4.55. The van der Waals surface area contributed by atoms with Gasteiger partial charge in [0.25, 0.3) is 0 Å². The van der Waals surface area contributed by atoms with Gasteiger partial charge in [0, 0.05) is 22.9 Å². The van der Waals surface area contributed by atoms with Gasteiger partial charge in [0.15, 0.2) is 0 Å². The zero-order chi connectivity index (χ0) is 14.0. The molecule has 2 rings (SSSR count). The number of aromatic nitrogens is 2. The van der Waals surface area contributed by atoms with Crippen molar-refractivity contribution in [1.29, 1.82) is 0 Å². The topological polar surface area (TPSA) is 60.9 Å². The minimum absolute atomic E-state index is 0.290. The number of nitrogen functional groups attached to an aromatic ring is 1. The molecule has 1 aromatic heterocycles. The third-order valence-electron chi connectivity index (χ3n) is 2.69. The van der Waals surface area contributed by atoms with Crippen LogP contribution >= 0.6 is 11.6 Å². The predicted molar refractivity (Wildman–Crippen MR) is 78.6 cm³/mol. The normalized spacial score (nSPS) is 12.8. The van der Waals surface area contributed by atoms with Gasteiger partial charge in [0.05, 0.1) is 27.1 Å². The molecule has 0 aliphatic rings. The van der Waals surface area contributed by atoms with E-state index in [0.717, 1.165) is 5.69 Å². The number of nitrogens with zero attached hydrogens (tertiary/aromatic N) is 2. The van der Waals surface area contributed by atoms with E-state index >= 15 is 0 Å². The summed E-state index contributed by atoms with van der Waals surface area (Å²) >= 11 is 5.90. The predicted octanol–water partition coefficient (Wildman–Crippen LogP) is 3.01. The first-order valence-corrected chi connectivity index (χ1v) is 7.64. The maximum absolute atomic E-state index is 12.3. The lowest BCUT2D eigenvalue weighted by Crippen LogP contribution is -2.04. The Hall–Kier alpha value is -1.33. The molecule has 1 heterocycles. The molecule has 2 aromatic rings. The smallest absolute Gasteiger partial charge is 0.0753 e. The summed E-state index contributed by atoms with van der Waals surface area (Å²) in [6.45, 7) is 4.09. The van der Waals surface area contributed by atoms with Crippen LogP contribution in [0.5, 0.6) is 0 Å². The third-order valence-corrected chi connectivity index (χ3v) is 4.33. The molecule has 1 aromatic carbocycles. The van der Waals surface area contributed by atoms with Crippen LogP contribution in [0.3, 0.4) is 0 Å². The largest absolute Gasteiger partial charge is 0.398 e. The van der Waals surface area contributed by atoms with Gasteiger partial charge in [-0.15, -0.1) is 0 Å². The molecule has 0 amide bonds. The lowest BCUT2D eigenvalue weighted by Gasteiger charge is -2.06. The van der Waals surface area contributed by atoms with Crippen LogP contribution in [0.4, 0.5) is 5.69 Å². The Balaban J connectivity index is 2.18. The van der Waals surface area contributed by atoms with Crippen molar-refractivity contribution in [2.45, 2.75) is 30.5 Å². The van der Waals surface area contributed by atoms with E-state index in [2.05, 4.69) is 5.10 Å². The Morgan fingerprint density at radius 3 is 2.79 bits per heavy atom. The summed E-state index contributed by atoms with van der Waals surface area (Å²) in [5, 5.41) is 4.91. The molecular formula is C13H16ClN3OS. The molecule has 102 valence electrons. The zero-order valence-electron chi connectivity index (χ0n) is 10.8. The van der Waals surface area contributed by atoms with Crippen LogP contribution < -0.4 is 5.73 Å². The minimum Gasteiger partial charge on any atom is -0.398 e. The Labute approximate surface area is 120 Å². The highest BCUT2D eigenvalue weighted by molar-refractivity contribution is 7.84. The lowest BCUT2D eigenvalue weighted by molar-refractivity contribution is 0.528. The van der Waals surface area contributed by atoms with Gasteiger partial charge < -0.3 is 5.73 Å². The van der Waals surface area contributed by atoms with Gasteiger partial charge >= 0.3 is 0 Å². The van der Waals surface area contributed by atoms with E-state index in [1.54, 1.807) is 18.2 Å². The van der Waals surface area contributed by atoms with E-state index in [4.69, 9.17) is 17.3 Å². The van der Waals surface area contributed by atoms with Crippen LogP contribution in [0.2, 0.25) is 5.02 Å². The average Bonchev–Trinajstić information content (AvgIpc) is 2.80. The highest BCUT2D eigenvalue weighted by Crippen LogP contribution is 2.23. The van der Waals surface area contributed by atoms with Crippen molar-refractivity contribution in [2.24, 2.45) is 0 Å². The fourth-order valence-electron chi connectivity index (χ4n) is 1.66. The second-order valence-corrected chi connectivity index (χ2v) is 6.41. The summed E-state index contributed by atoms with van der Waals surface area (Å²) in [7, 11) is -1.24. The van der Waals surface area contributed by atoms with Crippen LogP contribution in [0, 0.1) is 0 Å². The minimum atomic E-state index is -1.24. The lowest BCUT2D eigenvalue weighted by atomic mass is 10.3. The van der Waals surface area contributed by atoms with Crippen molar-refractivity contribution in [3.63, 3.8) is 0 Å². The van der Waals surface area contributed by atoms with Gasteiger partial charge in [0.1, 0.15) is 0 Å². The zero-order valence-corrected chi connectivity index (χ0v) is 12.4. The van der Waals surface area contributed by atoms with Crippen molar-refractivity contribution in [2.75, 3.05) is 5.73 Å². The Bertz CT molecular complexity index is 610. The highest BCUT2D eigenvalue weighted by Gasteiger charge is 2.12. The summed E-state index contributed by atoms with van der Waals surface area (Å²) in [6.07, 6.45) is 1.89. The molecule has 0 radical (unpaired) electrons. The second kappa shape index (κ2) is 5.75. The van der Waals surface area contributed by atoms with Crippen LogP contribution in [-0.2, 0) is 16.6 Å². The quantitative estimate of drug-likeness (QED) is 0.883. The Morgan fingerprint density at radius 1 is 1.42 bits per heavy atom. The van der Waals surface area contributed by atoms with E-state index in [1.165, 1.54) is 0 Å². The first-order valence-electron chi connectivity index (χ1n) is 5.95. The van der Waals surface area contributed by atoms with Gasteiger partial charge in [-0.3, -0.25) is 8.89 Å². The van der Waals surface area contributed by atoms with E-state index in [1.807, 2.05) is 30.8 Å². The monoisotopic (exact) mass is 297 g/mol. The summed E-state index contributed by atoms with van der Waals surface area (Å²) in [5.74, 6) is 0.338. The van der Waals surface area contributed by atoms with Gasteiger partial charge in [-0.1, -0.05) is 11.6 Å². The molecular weight excluding hydrogens is 282 g/mol. The Morgan fingerprint density at radius 2 is 2.16 bits per heavy atom. The van der Waals surface area contributed by atoms with Gasteiger partial charge in [0.2, 0.25) is 0 Å². The van der Waals surface area contributed by atoms with E-state index in [9.17, 15) is 4.21 Å². The number of nitrogens with two attached hydrogens (primary N) is 1. The molecule has 0 spiro atoms. The molecule has 0 aliphatic heterocycles. The van der Waals surface area contributed by atoms with Crippen LogP contribution in [0.25, 0.3) is 0 Å². The van der Waals surface area contributed by atoms with Gasteiger partial charge in [-0.25, -0.2) is 0 Å². The maximum Gasteiger partial charge on any atom is 0.0753 e. The fraction of sp³-hybridized carbons (Fsp3) is 0.308. The summed E-state index contributed by atoms with van der Waals surface area (Å²) in [5.41, 5.74) is 7.10. The van der Waals surface area contributed by atoms with Gasteiger partial charge in [-0.2, -0.15) is 5.10 Å². The molecule has 0 aliphatic carbocycles. The van der Waals surface area contributed by atoms with Crippen molar-refractivity contribution >= 4 is 28.1 Å². The Kier molecular flexibility index (Phi) is 4.27. The number of halogens is 1. The van der Waals surface area contributed by atoms with Gasteiger partial charge in [-0.05, 0) is 38.1 Å². The molecule has 0 saturated heterocycles. The molecule has 2 N–H and O–H groups in total. The molecule has 0 fully saturated rings. The standard InChI is InChI=1S/C13H16ClN3OS/c1-9(2)17-6-5-11(16-17)8-19(18)13-7-10(14)3-4-12(13)15/h3-7,9H,8,15H2,1-2H3. The SMILES string of the molecule is CC(C)n1ccc(CS(=O)c2cc(Cl)ccc2N)n1. The van der Waals surface area contributed by atoms with E-state index in [-0.39, 0.29) is 0 Å². The number of hydrogen-bond donors (Lipinski definition) is 1. The first-order chi connectivity index (χ1) is 8.97. The van der Waals surface area contributed by atoms with Crippen LogP contribution in [0.15, 0.2) is 35.4 Å². The number of anilines is 1. The average molecular weight is 298 g/mol. The molecule has 0 saturated carbocycles. The molecule has 0 bridgehead atoms. The highest BCUT2D eigenvalue weighted by atomic mass is 35.5. The van der Waals surface area contributed by atoms with E-state index in [0.29, 0.717) is 27.4 Å². The van der Waals surface area contributed by atoms with Crippen molar-refractivity contribution in [3.8, 4) is 0 Å². The van der Waals surface area contributed by atoms with Crippen molar-refractivity contribution in [3.05, 3.63) is 41.2 Å². The molecule has 4 nitrogen and oxygen atoms in total. The van der Waals surface area contributed by atoms with Crippen LogP contribution in [-0.4, -0.2) is 14.0 Å². The molecule has 19 heavy (non-hydrogen) atoms. The summed E-state index contributed by atoms with van der Waals surface area (Å²) in [6, 6.07) is 7.16. The number of hydrogen-bond acceptors (Lipinski definition) is 3. The summed E-state index contributed by atoms with van der Waals surface area (Å²) < 4.78 is 14.1. The number of benzene rings is 1. The van der Waals surface area contributed by atoms with Crippen molar-refractivity contribution < 1.29 is 4.21 Å². The maximum atomic E-state index is 12.3. The third kappa shape index (κ3) is 3.36. The summed E-state index contributed by atoms with van der Waals surface area (Å²) in [4.78, 5) is 0.562. The van der Waals surface area contributed by atoms with Crippen molar-refractivity contribution in [1.82, 2.24) is 9.78 Å². The fourth-order valence-corrected chi connectivity index (χ4v) is 3.06. The van der Waals surface area contributed by atoms with E-state index < -0.39 is 10.8 Å². The first kappa shape index (κ1) is 14.1. The van der Waals surface area contributed by atoms with Crippen LogP contribution in [0.1, 0.15) is 25.6 Å².